The molecule has 4 nitrogen and oxygen atoms in total. The molecule has 0 spiro atoms. The minimum Gasteiger partial charge on any atom is -0.339 e. The van der Waals surface area contributed by atoms with Gasteiger partial charge < -0.3 is 10.3 Å². The van der Waals surface area contributed by atoms with Crippen LogP contribution in [0, 0.1) is 11.6 Å². The molecule has 9 heteroatoms. The fourth-order valence-corrected chi connectivity index (χ4v) is 3.26. The van der Waals surface area contributed by atoms with Crippen molar-refractivity contribution >= 4 is 63.0 Å². The van der Waals surface area contributed by atoms with Crippen molar-refractivity contribution in [2.45, 2.75) is 6.92 Å². The van der Waals surface area contributed by atoms with Crippen molar-refractivity contribution < 1.29 is 13.6 Å². The number of aromatic nitrogens is 1. The molecule has 1 heterocycles. The SMILES string of the molecule is CC(=O)c1c(Nc2ccc(F)cc2F)[nH]c2c(Cl)cc(Cl)c(Cl)c2c1=O. The number of aromatic amines is 1. The lowest BCUT2D eigenvalue weighted by Crippen LogP contribution is -2.18. The Morgan fingerprint density at radius 1 is 1.12 bits per heavy atom. The van der Waals surface area contributed by atoms with Crippen LogP contribution in [0.15, 0.2) is 29.1 Å². The highest BCUT2D eigenvalue weighted by Gasteiger charge is 2.21. The van der Waals surface area contributed by atoms with Gasteiger partial charge >= 0.3 is 0 Å². The largest absolute Gasteiger partial charge is 0.339 e. The van der Waals surface area contributed by atoms with Crippen LogP contribution in [0.1, 0.15) is 17.3 Å². The van der Waals surface area contributed by atoms with Gasteiger partial charge in [0, 0.05) is 6.07 Å². The Bertz CT molecular complexity index is 1130. The molecular weight excluding hydrogens is 409 g/mol. The van der Waals surface area contributed by atoms with Crippen LogP contribution >= 0.6 is 34.8 Å². The molecule has 0 radical (unpaired) electrons. The molecule has 3 aromatic rings. The van der Waals surface area contributed by atoms with Crippen molar-refractivity contribution in [3.63, 3.8) is 0 Å². The third-order valence-electron chi connectivity index (χ3n) is 3.67. The number of anilines is 2. The fourth-order valence-electron chi connectivity index (χ4n) is 2.51. The number of fused-ring (bicyclic) bond motifs is 1. The van der Waals surface area contributed by atoms with Crippen molar-refractivity contribution in [2.75, 3.05) is 5.32 Å². The predicted octanol–water partition coefficient (Wildman–Crippen LogP) is 5.71. The lowest BCUT2D eigenvalue weighted by atomic mass is 10.1. The number of hydrogen-bond acceptors (Lipinski definition) is 3. The Labute approximate surface area is 160 Å². The van der Waals surface area contributed by atoms with Gasteiger partial charge in [-0.3, -0.25) is 9.59 Å². The number of hydrogen-bond donors (Lipinski definition) is 2. The first-order valence-corrected chi connectivity index (χ1v) is 8.30. The van der Waals surface area contributed by atoms with Crippen LogP contribution in [-0.2, 0) is 0 Å². The summed E-state index contributed by atoms with van der Waals surface area (Å²) in [7, 11) is 0. The summed E-state index contributed by atoms with van der Waals surface area (Å²) in [6, 6.07) is 4.16. The number of benzene rings is 2. The molecule has 0 aliphatic rings. The standard InChI is InChI=1S/C17H9Cl3F2N2O2/c1-6(25)12-16(26)13-14(20)8(18)5-9(19)15(13)24-17(12)23-11-3-2-7(21)4-10(11)22/h2-5H,1H3,(H2,23,24,26). The van der Waals surface area contributed by atoms with Gasteiger partial charge in [-0.25, -0.2) is 8.78 Å². The zero-order chi connectivity index (χ0) is 19.2. The second-order valence-electron chi connectivity index (χ2n) is 5.41. The minimum atomic E-state index is -0.902. The summed E-state index contributed by atoms with van der Waals surface area (Å²) >= 11 is 18.2. The second kappa shape index (κ2) is 6.87. The maximum absolute atomic E-state index is 13.9. The number of nitrogens with one attached hydrogen (secondary N) is 2. The van der Waals surface area contributed by atoms with E-state index in [1.165, 1.54) is 13.0 Å². The second-order valence-corrected chi connectivity index (χ2v) is 6.61. The minimum absolute atomic E-state index is 0.0504. The average Bonchev–Trinajstić information content (AvgIpc) is 2.54. The maximum atomic E-state index is 13.9. The molecule has 3 rings (SSSR count). The number of H-pyrrole nitrogens is 1. The van der Waals surface area contributed by atoms with Crippen molar-refractivity contribution in [1.29, 1.82) is 0 Å². The molecule has 0 bridgehead atoms. The summed E-state index contributed by atoms with van der Waals surface area (Å²) in [5.74, 6) is -2.36. The Kier molecular flexibility index (Phi) is 4.92. The number of Topliss-reactive ketones (excluding diaryl/α,β-unsaturated/α-hetero) is 1. The number of rotatable bonds is 3. The summed E-state index contributed by atoms with van der Waals surface area (Å²) in [6.07, 6.45) is 0. The number of carbonyl (C=O) groups is 1. The van der Waals surface area contributed by atoms with E-state index in [1.54, 1.807) is 0 Å². The first-order valence-electron chi connectivity index (χ1n) is 7.17. The normalized spacial score (nSPS) is 11.0. The Hall–Kier alpha value is -2.15. The molecule has 26 heavy (non-hydrogen) atoms. The zero-order valence-corrected chi connectivity index (χ0v) is 15.3. The van der Waals surface area contributed by atoms with E-state index in [-0.39, 0.29) is 43.0 Å². The van der Waals surface area contributed by atoms with E-state index in [0.717, 1.165) is 12.1 Å². The van der Waals surface area contributed by atoms with Crippen LogP contribution < -0.4 is 10.7 Å². The monoisotopic (exact) mass is 416 g/mol. The van der Waals surface area contributed by atoms with Gasteiger partial charge in [0.25, 0.3) is 0 Å². The van der Waals surface area contributed by atoms with Gasteiger partial charge in [0.05, 0.1) is 31.7 Å². The average molecular weight is 418 g/mol. The lowest BCUT2D eigenvalue weighted by molar-refractivity contribution is 0.101. The van der Waals surface area contributed by atoms with Crippen LogP contribution in [0.5, 0.6) is 0 Å². The van der Waals surface area contributed by atoms with Crippen molar-refractivity contribution in [3.8, 4) is 0 Å². The molecule has 0 fully saturated rings. The van der Waals surface area contributed by atoms with Gasteiger partial charge in [-0.1, -0.05) is 34.8 Å². The van der Waals surface area contributed by atoms with E-state index in [9.17, 15) is 18.4 Å². The molecule has 0 unspecified atom stereocenters. The zero-order valence-electron chi connectivity index (χ0n) is 13.0. The molecule has 2 aromatic carbocycles. The molecular formula is C17H9Cl3F2N2O2. The third kappa shape index (κ3) is 3.16. The Morgan fingerprint density at radius 3 is 2.42 bits per heavy atom. The van der Waals surface area contributed by atoms with Gasteiger partial charge in [-0.15, -0.1) is 0 Å². The topological polar surface area (TPSA) is 62.0 Å². The maximum Gasteiger partial charge on any atom is 0.203 e. The number of carbonyl (C=O) groups excluding carboxylic acids is 1. The highest BCUT2D eigenvalue weighted by atomic mass is 35.5. The molecule has 0 aliphatic carbocycles. The van der Waals surface area contributed by atoms with Gasteiger partial charge in [0.2, 0.25) is 5.43 Å². The van der Waals surface area contributed by atoms with Gasteiger partial charge in [-0.2, -0.15) is 0 Å². The van der Waals surface area contributed by atoms with Gasteiger partial charge in [0.1, 0.15) is 23.0 Å². The summed E-state index contributed by atoms with van der Waals surface area (Å²) in [5.41, 5.74) is -1.02. The van der Waals surface area contributed by atoms with Crippen LogP contribution in [0.4, 0.5) is 20.3 Å². The van der Waals surface area contributed by atoms with E-state index in [4.69, 9.17) is 34.8 Å². The number of ketones is 1. The number of pyridine rings is 1. The Morgan fingerprint density at radius 2 is 1.81 bits per heavy atom. The van der Waals surface area contributed by atoms with Gasteiger partial charge in [0.15, 0.2) is 5.78 Å². The molecule has 0 atom stereocenters. The summed E-state index contributed by atoms with van der Waals surface area (Å²) in [5, 5.41) is 2.61. The van der Waals surface area contributed by atoms with E-state index < -0.39 is 22.8 Å². The molecule has 0 amide bonds. The predicted molar refractivity (Wildman–Crippen MR) is 99.2 cm³/mol. The molecule has 0 saturated carbocycles. The Balaban J connectivity index is 2.33. The van der Waals surface area contributed by atoms with Crippen molar-refractivity contribution in [1.82, 2.24) is 4.98 Å². The van der Waals surface area contributed by atoms with E-state index in [2.05, 4.69) is 10.3 Å². The fraction of sp³-hybridized carbons (Fsp3) is 0.0588. The van der Waals surface area contributed by atoms with Crippen LogP contribution in [0.2, 0.25) is 15.1 Å². The highest BCUT2D eigenvalue weighted by Crippen LogP contribution is 2.35. The summed E-state index contributed by atoms with van der Waals surface area (Å²) < 4.78 is 27.0. The number of halogens is 5. The molecule has 2 N–H and O–H groups in total. The van der Waals surface area contributed by atoms with Crippen LogP contribution in [0.3, 0.4) is 0 Å². The van der Waals surface area contributed by atoms with Gasteiger partial charge in [-0.05, 0) is 25.1 Å². The van der Waals surface area contributed by atoms with Crippen molar-refractivity contribution in [2.24, 2.45) is 0 Å². The first-order chi connectivity index (χ1) is 12.2. The van der Waals surface area contributed by atoms with E-state index in [1.807, 2.05) is 0 Å². The van der Waals surface area contributed by atoms with E-state index in [0.29, 0.717) is 6.07 Å². The first kappa shape index (κ1) is 18.6. The highest BCUT2D eigenvalue weighted by molar-refractivity contribution is 6.47. The third-order valence-corrected chi connectivity index (χ3v) is 4.75. The quantitative estimate of drug-likeness (QED) is 0.424. The molecule has 0 aliphatic heterocycles. The van der Waals surface area contributed by atoms with Crippen LogP contribution in [-0.4, -0.2) is 10.8 Å². The molecule has 0 saturated heterocycles. The molecule has 134 valence electrons. The lowest BCUT2D eigenvalue weighted by Gasteiger charge is -2.14. The molecule has 1 aromatic heterocycles. The van der Waals surface area contributed by atoms with E-state index >= 15 is 0 Å². The summed E-state index contributed by atoms with van der Waals surface area (Å²) in [4.78, 5) is 27.6. The van der Waals surface area contributed by atoms with Crippen LogP contribution in [0.25, 0.3) is 10.9 Å². The summed E-state index contributed by atoms with van der Waals surface area (Å²) in [6.45, 7) is 1.17. The smallest absolute Gasteiger partial charge is 0.203 e. The van der Waals surface area contributed by atoms with Crippen molar-refractivity contribution in [3.05, 3.63) is 66.8 Å².